The molecule has 6 aromatic carbocycles. The van der Waals surface area contributed by atoms with Crippen molar-refractivity contribution >= 4 is 113 Å². The number of ether oxygens (including phenoxy) is 4. The largest absolute Gasteiger partial charge is 0.497 e. The number of hydrogen-bond acceptors (Lipinski definition) is 18. The van der Waals surface area contributed by atoms with Gasteiger partial charge in [0.1, 0.15) is 29.5 Å². The molecule has 0 saturated heterocycles. The number of methoxy groups -OCH3 is 3. The zero-order chi connectivity index (χ0) is 63.2. The number of amides is 3. The van der Waals surface area contributed by atoms with Crippen molar-refractivity contribution in [3.8, 4) is 17.2 Å². The summed E-state index contributed by atoms with van der Waals surface area (Å²) in [6, 6.07) is 45.9. The molecule has 0 aromatic heterocycles. The molecule has 19 nitrogen and oxygen atoms in total. The van der Waals surface area contributed by atoms with E-state index in [1.165, 1.54) is 49.1 Å². The van der Waals surface area contributed by atoms with E-state index < -0.39 is 30.3 Å². The average Bonchev–Trinajstić information content (AvgIpc) is 1.84. The summed E-state index contributed by atoms with van der Waals surface area (Å²) < 4.78 is 21.2. The van der Waals surface area contributed by atoms with Crippen molar-refractivity contribution in [2.75, 3.05) is 103 Å². The molecule has 0 aliphatic carbocycles. The van der Waals surface area contributed by atoms with Gasteiger partial charge in [-0.15, -0.1) is 60.1 Å². The van der Waals surface area contributed by atoms with E-state index in [0.29, 0.717) is 32.7 Å². The number of esters is 1. The van der Waals surface area contributed by atoms with E-state index in [9.17, 15) is 39.0 Å². The lowest BCUT2D eigenvalue weighted by Crippen LogP contribution is -2.45. The highest BCUT2D eigenvalue weighted by Gasteiger charge is 2.42. The lowest BCUT2D eigenvalue weighted by atomic mass is 10.1. The molecule has 0 bridgehead atoms. The van der Waals surface area contributed by atoms with Crippen LogP contribution in [0.2, 0.25) is 0 Å². The maximum absolute atomic E-state index is 13.4. The molecule has 0 radical (unpaired) electrons. The molecule has 3 heterocycles. The third-order valence-electron chi connectivity index (χ3n) is 13.7. The monoisotopic (exact) mass is 1320 g/mol. The number of carboxylic acid groups (broad SMARTS) is 1. The molecular formula is C65H78Cl2N6O13S3. The Kier molecular flexibility index (Phi) is 31.1. The number of para-hydroxylation sites is 3. The number of ketones is 1. The van der Waals surface area contributed by atoms with Gasteiger partial charge in [-0.25, -0.2) is 4.79 Å². The maximum Gasteiger partial charge on any atom is 0.328 e. The number of allylic oxidation sites excluding steroid dienone is 1. The predicted octanol–water partition coefficient (Wildman–Crippen LogP) is 9.34. The summed E-state index contributed by atoms with van der Waals surface area (Å²) in [5.74, 6) is -0.346. The number of aliphatic hydroxyl groups is 2. The van der Waals surface area contributed by atoms with Gasteiger partial charge in [0.25, 0.3) is 17.7 Å². The molecule has 9 rings (SSSR count). The molecule has 6 atom stereocenters. The first-order valence-electron chi connectivity index (χ1n) is 27.9. The Hall–Kier alpha value is -7.09. The van der Waals surface area contributed by atoms with Crippen LogP contribution in [0.1, 0.15) is 46.3 Å². The molecule has 0 fully saturated rings. The number of anilines is 3. The maximum atomic E-state index is 13.4. The number of aliphatic carboxylic acids is 1. The number of carbonyl (C=O) groups excluding carboxylic acids is 5. The van der Waals surface area contributed by atoms with Crippen LogP contribution in [0.25, 0.3) is 0 Å². The molecule has 3 amide bonds. The van der Waals surface area contributed by atoms with Crippen molar-refractivity contribution in [3.63, 3.8) is 0 Å². The van der Waals surface area contributed by atoms with Crippen LogP contribution in [-0.2, 0) is 33.5 Å². The smallest absolute Gasteiger partial charge is 0.328 e. The van der Waals surface area contributed by atoms with Crippen molar-refractivity contribution in [1.29, 1.82) is 0 Å². The SMILES string of the molecule is CC(=O)/C=C/C(=O)O.CNCCN1C(=O)[C@H](O)[C@H](c2ccc(OC)cc2)Sc2ccccc21.CNCCN1C(=O)[C@H](OC(C)=O)[C@H](c2ccc(OC)cc2)Sc2ccccc21.COc1ccc([C@@H]2Sc3ccccc3N(CCN(C)C)C(=O)[C@@H]2O)cc1.Cl.Cl. The van der Waals surface area contributed by atoms with Gasteiger partial charge in [-0.05, 0) is 131 Å². The van der Waals surface area contributed by atoms with Gasteiger partial charge >= 0.3 is 11.9 Å². The fourth-order valence-electron chi connectivity index (χ4n) is 9.20. The van der Waals surface area contributed by atoms with E-state index in [1.54, 1.807) is 36.0 Å². The highest BCUT2D eigenvalue weighted by atomic mass is 35.5. The van der Waals surface area contributed by atoms with Crippen molar-refractivity contribution in [2.45, 2.75) is 62.6 Å². The molecule has 24 heteroatoms. The number of carbonyl (C=O) groups is 6. The highest BCUT2D eigenvalue weighted by Crippen LogP contribution is 2.49. The molecule has 0 saturated carbocycles. The number of nitrogens with one attached hydrogen (secondary N) is 2. The summed E-state index contributed by atoms with van der Waals surface area (Å²) >= 11 is 4.58. The highest BCUT2D eigenvalue weighted by molar-refractivity contribution is 8.00. The van der Waals surface area contributed by atoms with Crippen molar-refractivity contribution in [1.82, 2.24) is 15.5 Å². The van der Waals surface area contributed by atoms with E-state index in [2.05, 4.69) is 10.6 Å². The van der Waals surface area contributed by atoms with Gasteiger partial charge in [-0.2, -0.15) is 0 Å². The summed E-state index contributed by atoms with van der Waals surface area (Å²) in [6.07, 6.45) is -1.32. The lowest BCUT2D eigenvalue weighted by Gasteiger charge is -2.27. The number of thioether (sulfide) groups is 3. The second kappa shape index (κ2) is 37.2. The average molecular weight is 1320 g/mol. The van der Waals surface area contributed by atoms with Crippen LogP contribution in [0.3, 0.4) is 0 Å². The minimum absolute atomic E-state index is 0. The van der Waals surface area contributed by atoms with Crippen LogP contribution >= 0.6 is 60.1 Å². The summed E-state index contributed by atoms with van der Waals surface area (Å²) in [6.45, 7) is 6.17. The molecule has 0 spiro atoms. The fraction of sp³-hybridized carbons (Fsp3) is 0.323. The van der Waals surface area contributed by atoms with Crippen LogP contribution in [0.15, 0.2) is 172 Å². The van der Waals surface area contributed by atoms with E-state index in [-0.39, 0.29) is 64.1 Å². The van der Waals surface area contributed by atoms with E-state index in [4.69, 9.17) is 24.1 Å². The zero-order valence-corrected chi connectivity index (χ0v) is 55.1. The van der Waals surface area contributed by atoms with Crippen molar-refractivity contribution in [2.24, 2.45) is 0 Å². The van der Waals surface area contributed by atoms with Crippen LogP contribution in [0.5, 0.6) is 17.2 Å². The van der Waals surface area contributed by atoms with Gasteiger partial charge in [0.2, 0.25) is 0 Å². The van der Waals surface area contributed by atoms with Gasteiger partial charge in [0, 0.05) is 67.0 Å². The first kappa shape index (κ1) is 74.4. The number of likely N-dealkylation sites (N-methyl/N-ethyl adjacent to an activating group) is 3. The fourth-order valence-corrected chi connectivity index (χ4v) is 13.1. The van der Waals surface area contributed by atoms with Gasteiger partial charge in [0.15, 0.2) is 11.9 Å². The van der Waals surface area contributed by atoms with Crippen LogP contribution in [-0.4, -0.2) is 163 Å². The number of halogens is 2. The van der Waals surface area contributed by atoms with Crippen LogP contribution in [0, 0.1) is 0 Å². The Morgan fingerprint density at radius 1 is 0.517 bits per heavy atom. The zero-order valence-electron chi connectivity index (χ0n) is 51.0. The topological polar surface area (TPSA) is 237 Å². The molecule has 6 aromatic rings. The number of benzene rings is 6. The van der Waals surface area contributed by atoms with Gasteiger partial charge in [-0.1, -0.05) is 72.8 Å². The minimum Gasteiger partial charge on any atom is -0.497 e. The minimum atomic E-state index is -1.11. The van der Waals surface area contributed by atoms with Gasteiger partial charge in [-0.3, -0.25) is 24.0 Å². The summed E-state index contributed by atoms with van der Waals surface area (Å²) in [4.78, 5) is 81.0. The quantitative estimate of drug-likeness (QED) is 0.0398. The van der Waals surface area contributed by atoms with Gasteiger partial charge in [0.05, 0.1) is 54.1 Å². The molecule has 89 heavy (non-hydrogen) atoms. The second-order valence-electron chi connectivity index (χ2n) is 20.0. The van der Waals surface area contributed by atoms with Crippen LogP contribution in [0.4, 0.5) is 17.1 Å². The Bertz CT molecular complexity index is 3280. The van der Waals surface area contributed by atoms with E-state index >= 15 is 0 Å². The van der Waals surface area contributed by atoms with E-state index in [1.807, 2.05) is 179 Å². The lowest BCUT2D eigenvalue weighted by molar-refractivity contribution is -0.152. The molecular weight excluding hydrogens is 1240 g/mol. The standard InChI is InChI=1S/C21H24N2O4S.C20H24N2O3S.C19H22N2O3S.C5H6O3.2ClH/c1-14(24)27-19-20(15-8-10-16(26-3)11-9-15)28-18-7-5-4-6-17(18)23(21(19)25)13-12-22-2;1-21(2)12-13-22-16-6-4-5-7-17(16)26-19(18(23)20(22)24)14-8-10-15(25-3)11-9-14;1-20-11-12-21-15-5-3-4-6-16(15)25-18(17(22)19(21)23)13-7-9-14(24-2)10-8-13;1-4(6)2-3-5(7)8;;/h4-11,19-20,22H,12-13H2,1-3H3;4-11,18-19,23H,12-13H2,1-3H3;3-10,17-18,20,22H,11-12H2,1-2H3;2-3H,1H3,(H,7,8);2*1H/b;;;3-2+;;/t19-,20+;18-,19+;17-,18+;;;/m111.../s1. The summed E-state index contributed by atoms with van der Waals surface area (Å²) in [7, 11) is 12.5. The molecule has 5 N–H and O–H groups in total. The Balaban J connectivity index is 0.000000266. The number of carboxylic acids is 1. The molecule has 3 aliphatic heterocycles. The Labute approximate surface area is 545 Å². The number of nitrogens with zero attached hydrogens (tertiary/aromatic N) is 4. The normalized spacial score (nSPS) is 18.3. The Morgan fingerprint density at radius 3 is 1.17 bits per heavy atom. The first-order valence-corrected chi connectivity index (χ1v) is 30.5. The first-order chi connectivity index (χ1) is 41.8. The number of hydrogen-bond donors (Lipinski definition) is 5. The van der Waals surface area contributed by atoms with E-state index in [0.717, 1.165) is 84.4 Å². The number of fused-ring (bicyclic) bond motifs is 3. The third-order valence-corrected chi connectivity index (χ3v) is 17.8. The summed E-state index contributed by atoms with van der Waals surface area (Å²) in [5, 5.41) is 34.6. The number of aliphatic hydroxyl groups excluding tert-OH is 2. The number of rotatable bonds is 18. The summed E-state index contributed by atoms with van der Waals surface area (Å²) in [5.41, 5.74) is 5.25. The molecule has 478 valence electrons. The molecule has 0 unspecified atom stereocenters. The predicted molar refractivity (Wildman–Crippen MR) is 357 cm³/mol. The third kappa shape index (κ3) is 20.7. The van der Waals surface area contributed by atoms with Gasteiger partial charge < -0.3 is 64.5 Å². The van der Waals surface area contributed by atoms with Crippen molar-refractivity contribution < 1.29 is 63.0 Å². The van der Waals surface area contributed by atoms with Crippen LogP contribution < -0.4 is 39.5 Å². The Morgan fingerprint density at radius 2 is 0.854 bits per heavy atom. The van der Waals surface area contributed by atoms with Crippen molar-refractivity contribution in [3.05, 3.63) is 174 Å². The molecule has 3 aliphatic rings. The second-order valence-corrected chi connectivity index (χ2v) is 23.6.